The Hall–Kier alpha value is -1.98. The summed E-state index contributed by atoms with van der Waals surface area (Å²) < 4.78 is 5.45. The lowest BCUT2D eigenvalue weighted by molar-refractivity contribution is -0.138. The molecule has 5 nitrogen and oxygen atoms in total. The van der Waals surface area contributed by atoms with Gasteiger partial charge < -0.3 is 14.9 Å². The maximum absolute atomic E-state index is 13.0. The molecule has 1 heterocycles. The van der Waals surface area contributed by atoms with Gasteiger partial charge in [-0.1, -0.05) is 29.9 Å². The van der Waals surface area contributed by atoms with Gasteiger partial charge in [-0.2, -0.15) is 0 Å². The minimum Gasteiger partial charge on any atom is -0.454 e. The number of hydrogen-bond acceptors (Lipinski definition) is 5. The summed E-state index contributed by atoms with van der Waals surface area (Å²) in [6.07, 6.45) is 7.00. The quantitative estimate of drug-likeness (QED) is 0.463. The van der Waals surface area contributed by atoms with E-state index in [0.29, 0.717) is 12.0 Å². The number of carbonyl (C=O) groups excluding carboxylic acids is 2. The molecule has 25 heavy (non-hydrogen) atoms. The molecule has 0 aromatic carbocycles. The summed E-state index contributed by atoms with van der Waals surface area (Å²) in [5.41, 5.74) is 2.61. The number of carbonyl (C=O) groups is 2. The normalized spacial score (nSPS) is 30.1. The second-order valence-corrected chi connectivity index (χ2v) is 6.77. The Labute approximate surface area is 148 Å². The molecule has 0 saturated carbocycles. The largest absolute Gasteiger partial charge is 0.454 e. The molecule has 0 radical (unpaired) electrons. The Bertz CT molecular complexity index is 653. The lowest BCUT2D eigenvalue weighted by atomic mass is 9.75. The Kier molecular flexibility index (Phi) is 6.51. The summed E-state index contributed by atoms with van der Waals surface area (Å²) in [7, 11) is 0. The predicted octanol–water partition coefficient (Wildman–Crippen LogP) is 2.26. The highest BCUT2D eigenvalue weighted by Crippen LogP contribution is 2.39. The molecule has 2 rings (SSSR count). The van der Waals surface area contributed by atoms with E-state index in [9.17, 15) is 14.7 Å². The first-order valence-corrected chi connectivity index (χ1v) is 8.56. The maximum Gasteiger partial charge on any atom is 0.334 e. The molecule has 3 atom stereocenters. The smallest absolute Gasteiger partial charge is 0.334 e. The predicted molar refractivity (Wildman–Crippen MR) is 94.6 cm³/mol. The fourth-order valence-corrected chi connectivity index (χ4v) is 3.53. The van der Waals surface area contributed by atoms with E-state index in [1.807, 2.05) is 19.9 Å². The summed E-state index contributed by atoms with van der Waals surface area (Å²) >= 11 is 0. The molecule has 1 aliphatic carbocycles. The number of esters is 1. The summed E-state index contributed by atoms with van der Waals surface area (Å²) in [6.45, 7) is 7.02. The zero-order valence-electron chi connectivity index (χ0n) is 14.8. The van der Waals surface area contributed by atoms with Crippen molar-refractivity contribution in [3.63, 3.8) is 0 Å². The van der Waals surface area contributed by atoms with Gasteiger partial charge in [0.25, 0.3) is 0 Å². The van der Waals surface area contributed by atoms with Crippen molar-refractivity contribution in [2.75, 3.05) is 13.2 Å². The van der Waals surface area contributed by atoms with Crippen molar-refractivity contribution in [3.05, 3.63) is 47.1 Å². The van der Waals surface area contributed by atoms with Crippen LogP contribution in [0.5, 0.6) is 0 Å². The molecule has 0 aromatic rings. The number of aliphatic hydroxyl groups excluding tert-OH is 2. The van der Waals surface area contributed by atoms with Gasteiger partial charge >= 0.3 is 5.97 Å². The molecule has 1 aliphatic heterocycles. The molecule has 1 saturated heterocycles. The van der Waals surface area contributed by atoms with Crippen molar-refractivity contribution in [2.45, 2.75) is 39.2 Å². The maximum atomic E-state index is 13.0. The van der Waals surface area contributed by atoms with Crippen LogP contribution >= 0.6 is 0 Å². The van der Waals surface area contributed by atoms with Crippen LogP contribution in [-0.4, -0.2) is 41.3 Å². The summed E-state index contributed by atoms with van der Waals surface area (Å²) in [4.78, 5) is 25.1. The SMILES string of the molecule is C=C1C(=O)O[C@@H]2/C=C(\C)CCC=C(C)C[C@@H](C(=O)/C(=C/CO)CO)[C@@H]12. The number of ketones is 1. The summed E-state index contributed by atoms with van der Waals surface area (Å²) in [5.74, 6) is -1.78. The zero-order valence-corrected chi connectivity index (χ0v) is 14.8. The van der Waals surface area contributed by atoms with Crippen LogP contribution in [0.1, 0.15) is 33.1 Å². The minimum absolute atomic E-state index is 0.156. The monoisotopic (exact) mass is 346 g/mol. The number of aliphatic hydroxyl groups is 2. The van der Waals surface area contributed by atoms with Crippen molar-refractivity contribution in [2.24, 2.45) is 11.8 Å². The fraction of sp³-hybridized carbons (Fsp3) is 0.500. The van der Waals surface area contributed by atoms with E-state index in [0.717, 1.165) is 24.0 Å². The molecule has 2 N–H and O–H groups in total. The van der Waals surface area contributed by atoms with Crippen molar-refractivity contribution < 1.29 is 24.5 Å². The van der Waals surface area contributed by atoms with Crippen LogP contribution in [0.15, 0.2) is 47.1 Å². The van der Waals surface area contributed by atoms with Crippen molar-refractivity contribution in [3.8, 4) is 0 Å². The Morgan fingerprint density at radius 2 is 2.08 bits per heavy atom. The van der Waals surface area contributed by atoms with Gasteiger partial charge in [-0.15, -0.1) is 0 Å². The first-order chi connectivity index (χ1) is 11.9. The molecule has 5 heteroatoms. The number of hydrogen-bond donors (Lipinski definition) is 2. The van der Waals surface area contributed by atoms with Crippen molar-refractivity contribution in [1.29, 1.82) is 0 Å². The first-order valence-electron chi connectivity index (χ1n) is 8.56. The van der Waals surface area contributed by atoms with Crippen LogP contribution in [0.4, 0.5) is 0 Å². The Morgan fingerprint density at radius 1 is 1.36 bits per heavy atom. The highest BCUT2D eigenvalue weighted by atomic mass is 16.6. The average Bonchev–Trinajstić information content (AvgIpc) is 2.83. The van der Waals surface area contributed by atoms with Crippen molar-refractivity contribution in [1.82, 2.24) is 0 Å². The molecule has 1 fully saturated rings. The number of ether oxygens (including phenoxy) is 1. The van der Waals surface area contributed by atoms with Crippen LogP contribution in [-0.2, 0) is 14.3 Å². The fourth-order valence-electron chi connectivity index (χ4n) is 3.53. The Balaban J connectivity index is 2.49. The van der Waals surface area contributed by atoms with Gasteiger partial charge in [0.2, 0.25) is 0 Å². The molecule has 0 bridgehead atoms. The van der Waals surface area contributed by atoms with E-state index < -0.39 is 30.5 Å². The number of rotatable bonds is 4. The number of fused-ring (bicyclic) bond motifs is 1. The van der Waals surface area contributed by atoms with Gasteiger partial charge in [-0.25, -0.2) is 4.79 Å². The molecular formula is C20H26O5. The van der Waals surface area contributed by atoms with E-state index >= 15 is 0 Å². The van der Waals surface area contributed by atoms with Crippen LogP contribution in [0.25, 0.3) is 0 Å². The standard InChI is InChI=1S/C20H26O5/c1-12-5-4-6-13(2)10-17-18(14(3)20(24)25-17)16(9-12)19(23)15(11-22)7-8-21/h5,7,10,16-18,21-22H,3-4,6,8-9,11H2,1-2H3/b12-5?,13-10+,15-7+/t16-,17-,18-/m1/s1. The number of allylic oxidation sites excluding steroid dienone is 3. The lowest BCUT2D eigenvalue weighted by Gasteiger charge is -2.27. The van der Waals surface area contributed by atoms with E-state index in [1.54, 1.807) is 0 Å². The van der Waals surface area contributed by atoms with E-state index in [2.05, 4.69) is 12.7 Å². The summed E-state index contributed by atoms with van der Waals surface area (Å²) in [5, 5.41) is 18.6. The molecule has 0 spiro atoms. The van der Waals surface area contributed by atoms with E-state index in [1.165, 1.54) is 6.08 Å². The van der Waals surface area contributed by atoms with Gasteiger partial charge in [0.05, 0.1) is 13.2 Å². The van der Waals surface area contributed by atoms with Gasteiger partial charge in [0.15, 0.2) is 5.78 Å². The highest BCUT2D eigenvalue weighted by Gasteiger charge is 2.45. The highest BCUT2D eigenvalue weighted by molar-refractivity contribution is 6.00. The third-order valence-electron chi connectivity index (χ3n) is 4.88. The Morgan fingerprint density at radius 3 is 2.72 bits per heavy atom. The molecule has 0 unspecified atom stereocenters. The van der Waals surface area contributed by atoms with Crippen LogP contribution in [0, 0.1) is 11.8 Å². The van der Waals surface area contributed by atoms with E-state index in [4.69, 9.17) is 9.84 Å². The van der Waals surface area contributed by atoms with Crippen LogP contribution in [0.2, 0.25) is 0 Å². The molecule has 136 valence electrons. The average molecular weight is 346 g/mol. The van der Waals surface area contributed by atoms with Crippen LogP contribution in [0.3, 0.4) is 0 Å². The molecular weight excluding hydrogens is 320 g/mol. The first kappa shape index (κ1) is 19.3. The van der Waals surface area contributed by atoms with Gasteiger partial charge in [-0.05, 0) is 39.2 Å². The lowest BCUT2D eigenvalue weighted by Crippen LogP contribution is -2.32. The second-order valence-electron chi connectivity index (χ2n) is 6.77. The summed E-state index contributed by atoms with van der Waals surface area (Å²) in [6, 6.07) is 0. The topological polar surface area (TPSA) is 83.8 Å². The van der Waals surface area contributed by atoms with Gasteiger partial charge in [-0.3, -0.25) is 4.79 Å². The zero-order chi connectivity index (χ0) is 18.6. The molecule has 0 amide bonds. The third kappa shape index (κ3) is 4.35. The second kappa shape index (κ2) is 8.41. The van der Waals surface area contributed by atoms with Gasteiger partial charge in [0.1, 0.15) is 6.10 Å². The van der Waals surface area contributed by atoms with E-state index in [-0.39, 0.29) is 18.0 Å². The van der Waals surface area contributed by atoms with Crippen molar-refractivity contribution >= 4 is 11.8 Å². The molecule has 2 aliphatic rings. The third-order valence-corrected chi connectivity index (χ3v) is 4.88. The molecule has 0 aromatic heterocycles. The van der Waals surface area contributed by atoms with Crippen LogP contribution < -0.4 is 0 Å². The van der Waals surface area contributed by atoms with Gasteiger partial charge in [0, 0.05) is 23.0 Å². The number of Topliss-reactive ketones (excluding diaryl/α,β-unsaturated/α-hetero) is 1. The minimum atomic E-state index is -0.563.